The van der Waals surface area contributed by atoms with Gasteiger partial charge in [-0.1, -0.05) is 13.8 Å². The van der Waals surface area contributed by atoms with Crippen LogP contribution in [0.15, 0.2) is 0 Å². The summed E-state index contributed by atoms with van der Waals surface area (Å²) >= 11 is 0. The topological polar surface area (TPSA) is 75.8 Å². The third kappa shape index (κ3) is 4.75. The average molecular weight is 272 g/mol. The minimum atomic E-state index is -0.444. The molecule has 0 spiro atoms. The summed E-state index contributed by atoms with van der Waals surface area (Å²) in [6.07, 6.45) is 2.28. The van der Waals surface area contributed by atoms with Crippen molar-refractivity contribution in [1.29, 1.82) is 0 Å². The molecule has 0 bridgehead atoms. The van der Waals surface area contributed by atoms with E-state index in [2.05, 4.69) is 13.8 Å². The van der Waals surface area contributed by atoms with Crippen LogP contribution in [0, 0.1) is 11.3 Å². The van der Waals surface area contributed by atoms with Crippen LogP contribution in [0.25, 0.3) is 0 Å². The van der Waals surface area contributed by atoms with Gasteiger partial charge in [0, 0.05) is 32.2 Å². The Morgan fingerprint density at radius 2 is 2.00 bits per heavy atom. The van der Waals surface area contributed by atoms with Gasteiger partial charge in [-0.3, -0.25) is 4.79 Å². The van der Waals surface area contributed by atoms with Gasteiger partial charge in [-0.05, 0) is 25.2 Å². The van der Waals surface area contributed by atoms with E-state index in [0.29, 0.717) is 32.1 Å². The van der Waals surface area contributed by atoms with Gasteiger partial charge in [-0.15, -0.1) is 0 Å². The van der Waals surface area contributed by atoms with E-state index in [1.54, 1.807) is 11.9 Å². The van der Waals surface area contributed by atoms with E-state index >= 15 is 0 Å². The van der Waals surface area contributed by atoms with Crippen LogP contribution in [-0.4, -0.2) is 55.4 Å². The maximum absolute atomic E-state index is 12.2. The van der Waals surface area contributed by atoms with E-state index < -0.39 is 6.04 Å². The van der Waals surface area contributed by atoms with Crippen molar-refractivity contribution in [1.82, 2.24) is 4.90 Å². The van der Waals surface area contributed by atoms with E-state index in [9.17, 15) is 9.90 Å². The lowest BCUT2D eigenvalue weighted by atomic mass is 9.80. The second-order valence-electron chi connectivity index (χ2n) is 6.20. The molecule has 112 valence electrons. The molecule has 19 heavy (non-hydrogen) atoms. The third-order valence-electron chi connectivity index (χ3n) is 3.88. The molecule has 0 aromatic carbocycles. The summed E-state index contributed by atoms with van der Waals surface area (Å²) in [5, 5.41) is 9.63. The Kier molecular flexibility index (Phi) is 6.23. The zero-order valence-corrected chi connectivity index (χ0v) is 12.4. The zero-order valence-electron chi connectivity index (χ0n) is 12.4. The number of aliphatic hydroxyl groups is 1. The highest BCUT2D eigenvalue weighted by Crippen LogP contribution is 2.30. The van der Waals surface area contributed by atoms with Crippen molar-refractivity contribution in [3.63, 3.8) is 0 Å². The van der Waals surface area contributed by atoms with Crippen molar-refractivity contribution >= 4 is 5.91 Å². The Hall–Kier alpha value is -0.650. The Morgan fingerprint density at radius 3 is 2.47 bits per heavy atom. The number of likely N-dealkylation sites (N-methyl/N-ethyl adjacent to an activating group) is 1. The molecule has 1 fully saturated rings. The SMILES string of the molecule is CC(C)C[C@@H](N)C(=O)N(C)CC1(CO)CCOCC1. The van der Waals surface area contributed by atoms with Crippen molar-refractivity contribution in [2.45, 2.75) is 39.2 Å². The Bertz CT molecular complexity index is 288. The number of aliphatic hydroxyl groups excluding tert-OH is 1. The van der Waals surface area contributed by atoms with E-state index in [1.807, 2.05) is 0 Å². The van der Waals surface area contributed by atoms with Gasteiger partial charge < -0.3 is 20.5 Å². The first-order valence-electron chi connectivity index (χ1n) is 7.09. The summed E-state index contributed by atoms with van der Waals surface area (Å²) < 4.78 is 5.33. The van der Waals surface area contributed by atoms with E-state index in [1.165, 1.54) is 0 Å². The van der Waals surface area contributed by atoms with Gasteiger partial charge >= 0.3 is 0 Å². The van der Waals surface area contributed by atoms with Crippen molar-refractivity contribution in [2.75, 3.05) is 33.4 Å². The second kappa shape index (κ2) is 7.22. The molecule has 0 aliphatic carbocycles. The van der Waals surface area contributed by atoms with Gasteiger partial charge in [0.25, 0.3) is 0 Å². The largest absolute Gasteiger partial charge is 0.396 e. The molecule has 1 aliphatic rings. The summed E-state index contributed by atoms with van der Waals surface area (Å²) in [6, 6.07) is -0.444. The van der Waals surface area contributed by atoms with Crippen LogP contribution in [-0.2, 0) is 9.53 Å². The number of nitrogens with two attached hydrogens (primary N) is 1. The van der Waals surface area contributed by atoms with E-state index in [-0.39, 0.29) is 17.9 Å². The van der Waals surface area contributed by atoms with Crippen LogP contribution in [0.4, 0.5) is 0 Å². The van der Waals surface area contributed by atoms with Gasteiger partial charge in [-0.2, -0.15) is 0 Å². The minimum Gasteiger partial charge on any atom is -0.396 e. The fourth-order valence-electron chi connectivity index (χ4n) is 2.64. The highest BCUT2D eigenvalue weighted by molar-refractivity contribution is 5.81. The first kappa shape index (κ1) is 16.4. The quantitative estimate of drug-likeness (QED) is 0.743. The van der Waals surface area contributed by atoms with Gasteiger partial charge in [-0.25, -0.2) is 0 Å². The predicted octanol–water partition coefficient (Wildman–Crippen LogP) is 0.607. The van der Waals surface area contributed by atoms with Crippen molar-refractivity contribution < 1.29 is 14.6 Å². The summed E-state index contributed by atoms with van der Waals surface area (Å²) in [5.74, 6) is 0.371. The molecule has 0 saturated carbocycles. The summed E-state index contributed by atoms with van der Waals surface area (Å²) in [4.78, 5) is 13.9. The number of hydrogen-bond acceptors (Lipinski definition) is 4. The fourth-order valence-corrected chi connectivity index (χ4v) is 2.64. The maximum Gasteiger partial charge on any atom is 0.239 e. The van der Waals surface area contributed by atoms with Gasteiger partial charge in [0.2, 0.25) is 5.91 Å². The van der Waals surface area contributed by atoms with E-state index in [0.717, 1.165) is 12.8 Å². The molecule has 0 aromatic heterocycles. The molecule has 0 aromatic rings. The molecule has 1 saturated heterocycles. The molecule has 1 atom stereocenters. The molecule has 1 amide bonds. The van der Waals surface area contributed by atoms with Crippen molar-refractivity contribution in [3.05, 3.63) is 0 Å². The summed E-state index contributed by atoms with van der Waals surface area (Å²) in [6.45, 7) is 6.06. The number of ether oxygens (including phenoxy) is 1. The first-order chi connectivity index (χ1) is 8.90. The van der Waals surface area contributed by atoms with Crippen molar-refractivity contribution in [3.8, 4) is 0 Å². The van der Waals surface area contributed by atoms with Crippen LogP contribution in [0.2, 0.25) is 0 Å². The Labute approximate surface area is 116 Å². The number of carbonyl (C=O) groups excluding carboxylic acids is 1. The van der Waals surface area contributed by atoms with Crippen LogP contribution in [0.3, 0.4) is 0 Å². The van der Waals surface area contributed by atoms with E-state index in [4.69, 9.17) is 10.5 Å². The molecular formula is C14H28N2O3. The molecule has 1 aliphatic heterocycles. The predicted molar refractivity (Wildman–Crippen MR) is 74.6 cm³/mol. The lowest BCUT2D eigenvalue weighted by Crippen LogP contribution is -2.49. The molecule has 5 nitrogen and oxygen atoms in total. The van der Waals surface area contributed by atoms with Gasteiger partial charge in [0.15, 0.2) is 0 Å². The molecule has 0 radical (unpaired) electrons. The van der Waals surface area contributed by atoms with Crippen LogP contribution in [0.5, 0.6) is 0 Å². The number of rotatable bonds is 6. The zero-order chi connectivity index (χ0) is 14.5. The molecule has 5 heteroatoms. The summed E-state index contributed by atoms with van der Waals surface area (Å²) in [7, 11) is 1.77. The van der Waals surface area contributed by atoms with Crippen LogP contribution >= 0.6 is 0 Å². The standard InChI is InChI=1S/C14H28N2O3/c1-11(2)8-12(15)13(18)16(3)9-14(10-17)4-6-19-7-5-14/h11-12,17H,4-10,15H2,1-3H3/t12-/m1/s1. The minimum absolute atomic E-state index is 0.0342. The third-order valence-corrected chi connectivity index (χ3v) is 3.88. The number of nitrogens with zero attached hydrogens (tertiary/aromatic N) is 1. The molecule has 1 rings (SSSR count). The van der Waals surface area contributed by atoms with Crippen LogP contribution < -0.4 is 5.73 Å². The summed E-state index contributed by atoms with van der Waals surface area (Å²) in [5.41, 5.74) is 5.71. The monoisotopic (exact) mass is 272 g/mol. The first-order valence-corrected chi connectivity index (χ1v) is 7.09. The lowest BCUT2D eigenvalue weighted by molar-refractivity contribution is -0.135. The molecular weight excluding hydrogens is 244 g/mol. The number of amides is 1. The number of hydrogen-bond donors (Lipinski definition) is 2. The Balaban J connectivity index is 2.56. The molecule has 3 N–H and O–H groups in total. The highest BCUT2D eigenvalue weighted by Gasteiger charge is 2.35. The average Bonchev–Trinajstić information content (AvgIpc) is 2.38. The van der Waals surface area contributed by atoms with Gasteiger partial charge in [0.05, 0.1) is 12.6 Å². The fraction of sp³-hybridized carbons (Fsp3) is 0.929. The molecule has 0 unspecified atom stereocenters. The van der Waals surface area contributed by atoms with Gasteiger partial charge in [0.1, 0.15) is 0 Å². The second-order valence-corrected chi connectivity index (χ2v) is 6.20. The smallest absolute Gasteiger partial charge is 0.239 e. The highest BCUT2D eigenvalue weighted by atomic mass is 16.5. The molecule has 1 heterocycles. The Morgan fingerprint density at radius 1 is 1.42 bits per heavy atom. The maximum atomic E-state index is 12.2. The normalized spacial score (nSPS) is 20.3. The number of carbonyl (C=O) groups is 1. The lowest BCUT2D eigenvalue weighted by Gasteiger charge is -2.39. The van der Waals surface area contributed by atoms with Crippen molar-refractivity contribution in [2.24, 2.45) is 17.1 Å². The van der Waals surface area contributed by atoms with Crippen LogP contribution in [0.1, 0.15) is 33.1 Å².